The molecule has 1 aromatic heterocycles. The van der Waals surface area contributed by atoms with E-state index in [0.717, 1.165) is 57.6 Å². The van der Waals surface area contributed by atoms with Crippen molar-refractivity contribution < 1.29 is 9.47 Å². The Hall–Kier alpha value is -0.600. The van der Waals surface area contributed by atoms with E-state index in [9.17, 15) is 0 Å². The van der Waals surface area contributed by atoms with Crippen LogP contribution in [0.5, 0.6) is 0 Å². The minimum atomic E-state index is -0.0131. The maximum absolute atomic E-state index is 6.13. The summed E-state index contributed by atoms with van der Waals surface area (Å²) in [6.07, 6.45) is 4.93. The summed E-state index contributed by atoms with van der Waals surface area (Å²) in [4.78, 5) is 1.19. The molecule has 2 atom stereocenters. The Labute approximate surface area is 129 Å². The maximum atomic E-state index is 6.13. The minimum Gasteiger partial charge on any atom is -0.381 e. The summed E-state index contributed by atoms with van der Waals surface area (Å²) in [6.45, 7) is 4.51. The Balaban J connectivity index is 1.77. The number of aromatic nitrogens is 2. The Bertz CT molecular complexity index is 456. The molecule has 0 bridgehead atoms. The van der Waals surface area contributed by atoms with Gasteiger partial charge in [0, 0.05) is 19.8 Å². The van der Waals surface area contributed by atoms with Crippen molar-refractivity contribution in [2.75, 3.05) is 19.8 Å². The normalized spacial score (nSPS) is 26.9. The Morgan fingerprint density at radius 3 is 2.95 bits per heavy atom. The second-order valence-electron chi connectivity index (χ2n) is 5.98. The molecule has 3 heterocycles. The molecule has 3 rings (SSSR count). The van der Waals surface area contributed by atoms with E-state index in [-0.39, 0.29) is 11.6 Å². The van der Waals surface area contributed by atoms with Crippen LogP contribution in [0.4, 0.5) is 0 Å². The molecule has 2 saturated heterocycles. The highest BCUT2D eigenvalue weighted by Gasteiger charge is 2.42. The molecule has 0 aromatic carbocycles. The van der Waals surface area contributed by atoms with E-state index in [2.05, 4.69) is 21.9 Å². The summed E-state index contributed by atoms with van der Waals surface area (Å²) in [5.74, 6) is 6.34. The van der Waals surface area contributed by atoms with Gasteiger partial charge in [0.05, 0.1) is 22.2 Å². The second-order valence-corrected chi connectivity index (χ2v) is 6.76. The number of rotatable bonds is 4. The van der Waals surface area contributed by atoms with Crippen LogP contribution in [0.1, 0.15) is 49.2 Å². The van der Waals surface area contributed by atoms with Gasteiger partial charge >= 0.3 is 0 Å². The topological polar surface area (TPSA) is 82.3 Å². The number of nitrogens with two attached hydrogens (primary N) is 1. The highest BCUT2D eigenvalue weighted by molar-refractivity contribution is 7.05. The zero-order chi connectivity index (χ0) is 14.7. The first-order chi connectivity index (χ1) is 10.3. The summed E-state index contributed by atoms with van der Waals surface area (Å²) in [5.41, 5.74) is 4.07. The van der Waals surface area contributed by atoms with Crippen molar-refractivity contribution in [1.29, 1.82) is 0 Å². The number of nitrogens with zero attached hydrogens (tertiary/aromatic N) is 2. The first kappa shape index (κ1) is 15.3. The van der Waals surface area contributed by atoms with Gasteiger partial charge < -0.3 is 9.47 Å². The summed E-state index contributed by atoms with van der Waals surface area (Å²) in [6, 6.07) is 0.128. The zero-order valence-electron chi connectivity index (χ0n) is 12.5. The van der Waals surface area contributed by atoms with Gasteiger partial charge in [0.25, 0.3) is 0 Å². The van der Waals surface area contributed by atoms with E-state index >= 15 is 0 Å². The van der Waals surface area contributed by atoms with Crippen molar-refractivity contribution in [2.24, 2.45) is 11.8 Å². The van der Waals surface area contributed by atoms with Crippen LogP contribution in [0.15, 0.2) is 0 Å². The molecule has 0 amide bonds. The number of hydrogen-bond donors (Lipinski definition) is 2. The van der Waals surface area contributed by atoms with Gasteiger partial charge in [-0.15, -0.1) is 5.10 Å². The summed E-state index contributed by atoms with van der Waals surface area (Å²) >= 11 is 1.47. The molecule has 0 saturated carbocycles. The van der Waals surface area contributed by atoms with Crippen molar-refractivity contribution in [2.45, 2.75) is 50.7 Å². The average Bonchev–Trinajstić information content (AvgIpc) is 2.97. The highest BCUT2D eigenvalue weighted by Crippen LogP contribution is 2.42. The van der Waals surface area contributed by atoms with Crippen LogP contribution < -0.4 is 11.3 Å². The van der Waals surface area contributed by atoms with E-state index < -0.39 is 0 Å². The van der Waals surface area contributed by atoms with Crippen molar-refractivity contribution in [3.05, 3.63) is 10.6 Å². The van der Waals surface area contributed by atoms with E-state index in [1.54, 1.807) is 0 Å². The van der Waals surface area contributed by atoms with Crippen LogP contribution in [0.3, 0.4) is 0 Å². The van der Waals surface area contributed by atoms with Crippen molar-refractivity contribution in [1.82, 2.24) is 15.0 Å². The van der Waals surface area contributed by atoms with Crippen LogP contribution in [0.25, 0.3) is 0 Å². The van der Waals surface area contributed by atoms with Gasteiger partial charge in [-0.2, -0.15) is 0 Å². The molecule has 1 spiro atoms. The fourth-order valence-electron chi connectivity index (χ4n) is 3.56. The van der Waals surface area contributed by atoms with Crippen molar-refractivity contribution >= 4 is 11.5 Å². The molecule has 2 aliphatic rings. The Morgan fingerprint density at radius 1 is 1.43 bits per heavy atom. The summed E-state index contributed by atoms with van der Waals surface area (Å²) in [5, 5.41) is 4.22. The molecule has 2 aliphatic heterocycles. The van der Waals surface area contributed by atoms with Gasteiger partial charge in [0.15, 0.2) is 0 Å². The lowest BCUT2D eigenvalue weighted by atomic mass is 9.77. The highest BCUT2D eigenvalue weighted by atomic mass is 32.1. The third kappa shape index (κ3) is 3.12. The predicted molar refractivity (Wildman–Crippen MR) is 80.8 cm³/mol. The fourth-order valence-corrected chi connectivity index (χ4v) is 4.46. The molecule has 118 valence electrons. The predicted octanol–water partition coefficient (Wildman–Crippen LogP) is 1.58. The lowest BCUT2D eigenvalue weighted by molar-refractivity contribution is -0.150. The lowest BCUT2D eigenvalue weighted by Gasteiger charge is -2.45. The Kier molecular flexibility index (Phi) is 4.85. The van der Waals surface area contributed by atoms with E-state index in [0.29, 0.717) is 5.92 Å². The molecule has 3 N–H and O–H groups in total. The first-order valence-corrected chi connectivity index (χ1v) is 8.54. The van der Waals surface area contributed by atoms with E-state index in [4.69, 9.17) is 15.3 Å². The van der Waals surface area contributed by atoms with E-state index in [1.807, 2.05) is 0 Å². The molecular formula is C14H24N4O2S. The molecule has 21 heavy (non-hydrogen) atoms. The van der Waals surface area contributed by atoms with Crippen LogP contribution in [0, 0.1) is 5.92 Å². The fraction of sp³-hybridized carbons (Fsp3) is 0.857. The third-order valence-corrected chi connectivity index (χ3v) is 5.64. The van der Waals surface area contributed by atoms with E-state index in [1.165, 1.54) is 16.4 Å². The molecule has 7 heteroatoms. The molecule has 0 radical (unpaired) electrons. The van der Waals surface area contributed by atoms with Crippen molar-refractivity contribution in [3.8, 4) is 0 Å². The molecule has 0 aliphatic carbocycles. The smallest absolute Gasteiger partial charge is 0.0801 e. The number of hydrogen-bond acceptors (Lipinski definition) is 7. The molecule has 2 fully saturated rings. The molecule has 1 aromatic rings. The number of ether oxygens (including phenoxy) is 2. The number of hydrazine groups is 1. The monoisotopic (exact) mass is 312 g/mol. The van der Waals surface area contributed by atoms with Gasteiger partial charge in [0.1, 0.15) is 0 Å². The van der Waals surface area contributed by atoms with Gasteiger partial charge in [0.2, 0.25) is 0 Å². The maximum Gasteiger partial charge on any atom is 0.0801 e. The van der Waals surface area contributed by atoms with Crippen LogP contribution in [-0.2, 0) is 15.9 Å². The van der Waals surface area contributed by atoms with Crippen LogP contribution in [-0.4, -0.2) is 35.0 Å². The second kappa shape index (κ2) is 6.66. The van der Waals surface area contributed by atoms with Crippen molar-refractivity contribution in [3.63, 3.8) is 0 Å². The first-order valence-electron chi connectivity index (χ1n) is 7.77. The van der Waals surface area contributed by atoms with Gasteiger partial charge in [-0.1, -0.05) is 11.4 Å². The zero-order valence-corrected chi connectivity index (χ0v) is 13.3. The van der Waals surface area contributed by atoms with Gasteiger partial charge in [-0.3, -0.25) is 11.3 Å². The molecular weight excluding hydrogens is 288 g/mol. The minimum absolute atomic E-state index is 0.0131. The molecule has 2 unspecified atom stereocenters. The standard InChI is InChI=1S/C14H24N4O2S/c1-2-11-13(21-18-17-11)12(16-15)10-3-6-20-14(9-10)4-7-19-8-5-14/h10,12,16H,2-9,15H2,1H3. The van der Waals surface area contributed by atoms with Gasteiger partial charge in [-0.25, -0.2) is 0 Å². The average molecular weight is 312 g/mol. The summed E-state index contributed by atoms with van der Waals surface area (Å²) in [7, 11) is 0. The van der Waals surface area contributed by atoms with Gasteiger partial charge in [-0.05, 0) is 49.6 Å². The van der Waals surface area contributed by atoms with Crippen LogP contribution >= 0.6 is 11.5 Å². The number of aryl methyl sites for hydroxylation is 1. The SMILES string of the molecule is CCc1nnsc1C(NN)C1CCOC2(CCOCC2)C1. The molecule has 6 nitrogen and oxygen atoms in total. The quantitative estimate of drug-likeness (QED) is 0.649. The van der Waals surface area contributed by atoms with Crippen LogP contribution in [0.2, 0.25) is 0 Å². The Morgan fingerprint density at radius 2 is 2.24 bits per heavy atom. The summed E-state index contributed by atoms with van der Waals surface area (Å²) < 4.78 is 15.7. The number of nitrogens with one attached hydrogen (secondary N) is 1. The lowest BCUT2D eigenvalue weighted by Crippen LogP contribution is -2.47. The largest absolute Gasteiger partial charge is 0.381 e. The third-order valence-electron chi connectivity index (χ3n) is 4.79.